The maximum absolute atomic E-state index is 12.7. The molecule has 0 unspecified atom stereocenters. The smallest absolute Gasteiger partial charge is 0.214 e. The molecule has 0 saturated carbocycles. The Bertz CT molecular complexity index is 902. The van der Waals surface area contributed by atoms with Crippen molar-refractivity contribution >= 4 is 17.5 Å². The number of thioether (sulfide) groups is 1. The molecule has 0 radical (unpaired) electrons. The van der Waals surface area contributed by atoms with Crippen molar-refractivity contribution in [3.8, 4) is 5.69 Å². The highest BCUT2D eigenvalue weighted by atomic mass is 32.2. The number of nitrogens with zero attached hydrogens (tertiary/aromatic N) is 4. The predicted molar refractivity (Wildman–Crippen MR) is 99.5 cm³/mol. The average Bonchev–Trinajstić information content (AvgIpc) is 3.05. The lowest BCUT2D eigenvalue weighted by Gasteiger charge is -2.11. The molecule has 0 saturated heterocycles. The van der Waals surface area contributed by atoms with E-state index in [-0.39, 0.29) is 11.0 Å². The monoisotopic (exact) mass is 352 g/mol. The third kappa shape index (κ3) is 3.79. The van der Waals surface area contributed by atoms with Gasteiger partial charge in [0.25, 0.3) is 0 Å². The molecule has 3 rings (SSSR count). The third-order valence-corrected chi connectivity index (χ3v) is 5.20. The van der Waals surface area contributed by atoms with Crippen LogP contribution in [0.4, 0.5) is 0 Å². The van der Waals surface area contributed by atoms with Crippen LogP contribution in [0.2, 0.25) is 0 Å². The summed E-state index contributed by atoms with van der Waals surface area (Å²) in [6.07, 6.45) is 0. The van der Waals surface area contributed by atoms with E-state index in [1.807, 2.05) is 70.2 Å². The maximum atomic E-state index is 12.7. The molecule has 6 heteroatoms. The van der Waals surface area contributed by atoms with Gasteiger partial charge in [-0.05, 0) is 67.4 Å². The first-order chi connectivity index (χ1) is 12.0. The van der Waals surface area contributed by atoms with Crippen molar-refractivity contribution in [1.82, 2.24) is 20.2 Å². The number of ketones is 1. The summed E-state index contributed by atoms with van der Waals surface area (Å²) in [5, 5.41) is 12.2. The zero-order valence-corrected chi connectivity index (χ0v) is 15.5. The number of hydrogen-bond donors (Lipinski definition) is 0. The minimum Gasteiger partial charge on any atom is -0.293 e. The first-order valence-electron chi connectivity index (χ1n) is 8.09. The molecule has 128 valence electrons. The van der Waals surface area contributed by atoms with Crippen LogP contribution in [-0.2, 0) is 0 Å². The second kappa shape index (κ2) is 7.19. The molecule has 0 aliphatic rings. The van der Waals surface area contributed by atoms with Crippen LogP contribution in [0.25, 0.3) is 5.69 Å². The fraction of sp³-hybridized carbons (Fsp3) is 0.263. The summed E-state index contributed by atoms with van der Waals surface area (Å²) in [4.78, 5) is 12.7. The highest BCUT2D eigenvalue weighted by molar-refractivity contribution is 8.00. The second-order valence-corrected chi connectivity index (χ2v) is 7.44. The van der Waals surface area contributed by atoms with Gasteiger partial charge in [0.2, 0.25) is 5.16 Å². The standard InChI is InChI=1S/C19H20N4OS/c1-12-5-9-17(10-6-12)23-19(20-21-22-23)25-15(4)18(24)16-8-7-13(2)14(3)11-16/h5-11,15H,1-4H3/t15-/m0/s1. The van der Waals surface area contributed by atoms with Gasteiger partial charge in [-0.15, -0.1) is 5.10 Å². The molecule has 0 aliphatic heterocycles. The van der Waals surface area contributed by atoms with Gasteiger partial charge in [-0.1, -0.05) is 41.6 Å². The lowest BCUT2D eigenvalue weighted by atomic mass is 10.0. The summed E-state index contributed by atoms with van der Waals surface area (Å²) >= 11 is 1.37. The molecule has 25 heavy (non-hydrogen) atoms. The zero-order valence-electron chi connectivity index (χ0n) is 14.7. The Morgan fingerprint density at radius 1 is 1.04 bits per heavy atom. The zero-order chi connectivity index (χ0) is 18.0. The highest BCUT2D eigenvalue weighted by Gasteiger charge is 2.20. The van der Waals surface area contributed by atoms with Crippen molar-refractivity contribution in [3.05, 3.63) is 64.7 Å². The lowest BCUT2D eigenvalue weighted by Crippen LogP contribution is -2.15. The SMILES string of the molecule is Cc1ccc(-n2nnnc2S[C@@H](C)C(=O)c2ccc(C)c(C)c2)cc1. The molecule has 1 aromatic heterocycles. The molecule has 0 aliphatic carbocycles. The van der Waals surface area contributed by atoms with Crippen molar-refractivity contribution in [2.75, 3.05) is 0 Å². The summed E-state index contributed by atoms with van der Waals surface area (Å²) in [6.45, 7) is 7.97. The Hall–Kier alpha value is -2.47. The van der Waals surface area contributed by atoms with E-state index in [9.17, 15) is 4.79 Å². The van der Waals surface area contributed by atoms with Crippen molar-refractivity contribution in [1.29, 1.82) is 0 Å². The average molecular weight is 352 g/mol. The number of benzene rings is 2. The molecule has 1 heterocycles. The third-order valence-electron chi connectivity index (χ3n) is 4.16. The van der Waals surface area contributed by atoms with Gasteiger partial charge in [-0.25, -0.2) is 0 Å². The van der Waals surface area contributed by atoms with Gasteiger partial charge < -0.3 is 0 Å². The van der Waals surface area contributed by atoms with Crippen LogP contribution in [-0.4, -0.2) is 31.2 Å². The van der Waals surface area contributed by atoms with Crippen molar-refractivity contribution in [2.45, 2.75) is 38.1 Å². The number of carbonyl (C=O) groups is 1. The topological polar surface area (TPSA) is 60.7 Å². The summed E-state index contributed by atoms with van der Waals surface area (Å²) < 4.78 is 1.66. The fourth-order valence-electron chi connectivity index (χ4n) is 2.44. The number of hydrogen-bond acceptors (Lipinski definition) is 5. The second-order valence-electron chi connectivity index (χ2n) is 6.13. The molecule has 0 fully saturated rings. The highest BCUT2D eigenvalue weighted by Crippen LogP contribution is 2.26. The van der Waals surface area contributed by atoms with Crippen LogP contribution in [0.1, 0.15) is 34.0 Å². The van der Waals surface area contributed by atoms with Gasteiger partial charge in [-0.2, -0.15) is 4.68 Å². The van der Waals surface area contributed by atoms with E-state index in [4.69, 9.17) is 0 Å². The molecule has 5 nitrogen and oxygen atoms in total. The van der Waals surface area contributed by atoms with Crippen molar-refractivity contribution in [3.63, 3.8) is 0 Å². The normalized spacial score (nSPS) is 12.2. The number of carbonyl (C=O) groups excluding carboxylic acids is 1. The lowest BCUT2D eigenvalue weighted by molar-refractivity contribution is 0.0993. The van der Waals surface area contributed by atoms with E-state index >= 15 is 0 Å². The van der Waals surface area contributed by atoms with Crippen LogP contribution < -0.4 is 0 Å². The number of tetrazole rings is 1. The summed E-state index contributed by atoms with van der Waals surface area (Å²) in [5.74, 6) is 0.0755. The summed E-state index contributed by atoms with van der Waals surface area (Å²) in [7, 11) is 0. The van der Waals surface area contributed by atoms with Gasteiger partial charge in [0.05, 0.1) is 10.9 Å². The Morgan fingerprint density at radius 3 is 2.44 bits per heavy atom. The first kappa shape index (κ1) is 17.4. The fourth-order valence-corrected chi connectivity index (χ4v) is 3.33. The van der Waals surface area contributed by atoms with Gasteiger partial charge in [0, 0.05) is 5.56 Å². The molecule has 2 aromatic carbocycles. The molecular weight excluding hydrogens is 332 g/mol. The van der Waals surface area contributed by atoms with E-state index in [2.05, 4.69) is 15.5 Å². The largest absolute Gasteiger partial charge is 0.293 e. The van der Waals surface area contributed by atoms with E-state index in [1.54, 1.807) is 4.68 Å². The minimum absolute atomic E-state index is 0.0755. The number of rotatable bonds is 5. The summed E-state index contributed by atoms with van der Waals surface area (Å²) in [6, 6.07) is 13.8. The summed E-state index contributed by atoms with van der Waals surface area (Å²) in [5.41, 5.74) is 5.07. The minimum atomic E-state index is -0.280. The van der Waals surface area contributed by atoms with Crippen LogP contribution in [0.5, 0.6) is 0 Å². The van der Waals surface area contributed by atoms with Crippen LogP contribution in [0.15, 0.2) is 47.6 Å². The van der Waals surface area contributed by atoms with E-state index in [0.717, 1.165) is 16.8 Å². The van der Waals surface area contributed by atoms with Gasteiger partial charge in [0.15, 0.2) is 5.78 Å². The van der Waals surface area contributed by atoms with Crippen molar-refractivity contribution < 1.29 is 4.79 Å². The van der Waals surface area contributed by atoms with Gasteiger partial charge in [-0.3, -0.25) is 4.79 Å². The molecule has 3 aromatic rings. The predicted octanol–water partition coefficient (Wildman–Crippen LogP) is 3.95. The molecular formula is C19H20N4OS. The number of aromatic nitrogens is 4. The number of Topliss-reactive ketones (excluding diaryl/α,β-unsaturated/α-hetero) is 1. The van der Waals surface area contributed by atoms with E-state index in [1.165, 1.54) is 22.9 Å². The molecule has 0 bridgehead atoms. The molecule has 0 amide bonds. The molecule has 1 atom stereocenters. The van der Waals surface area contributed by atoms with Crippen LogP contribution in [0.3, 0.4) is 0 Å². The van der Waals surface area contributed by atoms with Crippen LogP contribution >= 0.6 is 11.8 Å². The Labute approximate surface area is 151 Å². The Kier molecular flexibility index (Phi) is 4.99. The maximum Gasteiger partial charge on any atom is 0.214 e. The van der Waals surface area contributed by atoms with Gasteiger partial charge >= 0.3 is 0 Å². The Morgan fingerprint density at radius 2 is 1.76 bits per heavy atom. The molecule has 0 N–H and O–H groups in total. The molecule has 0 spiro atoms. The van der Waals surface area contributed by atoms with Crippen LogP contribution in [0, 0.1) is 20.8 Å². The Balaban J connectivity index is 1.80. The quantitative estimate of drug-likeness (QED) is 0.514. The first-order valence-corrected chi connectivity index (χ1v) is 8.97. The number of aryl methyl sites for hydroxylation is 3. The van der Waals surface area contributed by atoms with Gasteiger partial charge in [0.1, 0.15) is 0 Å². The van der Waals surface area contributed by atoms with Crippen molar-refractivity contribution in [2.24, 2.45) is 0 Å². The van der Waals surface area contributed by atoms with E-state index < -0.39 is 0 Å². The van der Waals surface area contributed by atoms with E-state index in [0.29, 0.717) is 5.16 Å².